The maximum absolute atomic E-state index is 12.8. The van der Waals surface area contributed by atoms with Crippen LogP contribution >= 0.6 is 11.6 Å². The van der Waals surface area contributed by atoms with Crippen molar-refractivity contribution in [2.45, 2.75) is 13.1 Å². The molecular weight excluding hydrogens is 392 g/mol. The summed E-state index contributed by atoms with van der Waals surface area (Å²) in [5.41, 5.74) is 0.764. The van der Waals surface area contributed by atoms with E-state index in [1.807, 2.05) is 0 Å². The first-order valence-corrected chi connectivity index (χ1v) is 9.30. The average molecular weight is 407 g/mol. The number of halogens is 1. The Morgan fingerprint density at radius 3 is 2.56 bits per heavy atom. The lowest BCUT2D eigenvalue weighted by Crippen LogP contribution is -2.40. The van der Waals surface area contributed by atoms with E-state index >= 15 is 0 Å². The van der Waals surface area contributed by atoms with E-state index in [1.165, 1.54) is 0 Å². The molecule has 8 nitrogen and oxygen atoms in total. The molecule has 0 spiro atoms. The third kappa shape index (κ3) is 4.77. The maximum Gasteiger partial charge on any atom is 0.352 e. The molecule has 0 saturated carbocycles. The van der Waals surface area contributed by atoms with Crippen molar-refractivity contribution in [2.75, 3.05) is 0 Å². The number of nitrogens with one attached hydrogen (secondary N) is 1. The molecule has 140 valence electrons. The van der Waals surface area contributed by atoms with Crippen molar-refractivity contribution in [3.8, 4) is 5.69 Å². The molecule has 1 atom stereocenters. The summed E-state index contributed by atoms with van der Waals surface area (Å²) in [6.45, 7) is 0.220. The Kier molecular flexibility index (Phi) is 5.97. The van der Waals surface area contributed by atoms with Crippen LogP contribution in [0, 0.1) is 0 Å². The smallest absolute Gasteiger partial charge is 0.294 e. The van der Waals surface area contributed by atoms with E-state index in [0.717, 1.165) is 21.0 Å². The van der Waals surface area contributed by atoms with Gasteiger partial charge in [-0.3, -0.25) is 13.9 Å². The lowest BCUT2D eigenvalue weighted by atomic mass is 10.2. The van der Waals surface area contributed by atoms with Crippen LogP contribution in [-0.2, 0) is 24.4 Å². The Labute approximate surface area is 161 Å². The van der Waals surface area contributed by atoms with Crippen LogP contribution in [0.5, 0.6) is 0 Å². The summed E-state index contributed by atoms with van der Waals surface area (Å²) in [7, 11) is 0. The second-order valence-electron chi connectivity index (χ2n) is 5.63. The second kappa shape index (κ2) is 8.40. The fourth-order valence-electron chi connectivity index (χ4n) is 2.47. The van der Waals surface area contributed by atoms with Gasteiger partial charge in [0.1, 0.15) is 6.20 Å². The van der Waals surface area contributed by atoms with Gasteiger partial charge in [0.05, 0.1) is 12.2 Å². The predicted molar refractivity (Wildman–Crippen MR) is 102 cm³/mol. The topological polar surface area (TPSA) is 106 Å². The van der Waals surface area contributed by atoms with Gasteiger partial charge in [-0.2, -0.15) is 9.78 Å². The molecule has 2 aromatic carbocycles. The van der Waals surface area contributed by atoms with Gasteiger partial charge >= 0.3 is 5.69 Å². The van der Waals surface area contributed by atoms with Crippen molar-refractivity contribution in [2.24, 2.45) is 0 Å². The van der Waals surface area contributed by atoms with Crippen molar-refractivity contribution in [1.82, 2.24) is 19.1 Å². The number of hydrogen-bond donors (Lipinski definition) is 2. The summed E-state index contributed by atoms with van der Waals surface area (Å²) in [5, 5.41) is 4.48. The van der Waals surface area contributed by atoms with Gasteiger partial charge in [0.15, 0.2) is 0 Å². The van der Waals surface area contributed by atoms with Gasteiger partial charge in [0.25, 0.3) is 5.56 Å². The third-order valence-corrected chi connectivity index (χ3v) is 4.41. The number of rotatable bonds is 6. The lowest BCUT2D eigenvalue weighted by Gasteiger charge is -2.10. The molecule has 0 aliphatic carbocycles. The van der Waals surface area contributed by atoms with E-state index in [1.54, 1.807) is 48.5 Å². The summed E-state index contributed by atoms with van der Waals surface area (Å²) in [5.74, 6) is 0. The Balaban J connectivity index is 1.97. The fourth-order valence-corrected chi connectivity index (χ4v) is 2.89. The molecule has 27 heavy (non-hydrogen) atoms. The normalized spacial score (nSPS) is 12.1. The summed E-state index contributed by atoms with van der Waals surface area (Å²) < 4.78 is 24.1. The van der Waals surface area contributed by atoms with Gasteiger partial charge in [-0.15, -0.1) is 0 Å². The molecular formula is C17H15ClN4O4S. The number of hydrogen-bond acceptors (Lipinski definition) is 4. The molecule has 1 unspecified atom stereocenters. The van der Waals surface area contributed by atoms with Crippen molar-refractivity contribution in [3.05, 3.63) is 91.7 Å². The first kappa shape index (κ1) is 19.2. The standard InChI is InChI=1S/C17H15ClN4O4S/c18-14-6-4-12(5-7-14)11-21-16(23)10-19-22(17(21)24)15-3-1-2-13(8-15)9-20-27(25)26/h1-8,10,20H,9,11H2,(H,25,26). The van der Waals surface area contributed by atoms with Crippen LogP contribution in [0.3, 0.4) is 0 Å². The molecule has 0 amide bonds. The molecule has 0 aliphatic heterocycles. The minimum absolute atomic E-state index is 0.0854. The SMILES string of the molecule is O=c1cnn(-c2cccc(CNS(=O)O)c2)c(=O)n1Cc1ccc(Cl)cc1. The molecule has 0 bridgehead atoms. The zero-order chi connectivity index (χ0) is 19.4. The largest absolute Gasteiger partial charge is 0.352 e. The van der Waals surface area contributed by atoms with Crippen LogP contribution in [-0.4, -0.2) is 23.1 Å². The van der Waals surface area contributed by atoms with Gasteiger partial charge in [-0.25, -0.2) is 13.7 Å². The average Bonchev–Trinajstić information content (AvgIpc) is 2.65. The van der Waals surface area contributed by atoms with Crippen molar-refractivity contribution < 1.29 is 8.76 Å². The van der Waals surface area contributed by atoms with E-state index < -0.39 is 22.5 Å². The van der Waals surface area contributed by atoms with Crippen LogP contribution in [0.2, 0.25) is 5.02 Å². The molecule has 0 fully saturated rings. The highest BCUT2D eigenvalue weighted by atomic mass is 35.5. The minimum Gasteiger partial charge on any atom is -0.294 e. The van der Waals surface area contributed by atoms with Crippen molar-refractivity contribution in [1.29, 1.82) is 0 Å². The summed E-state index contributed by atoms with van der Waals surface area (Å²) in [6, 6.07) is 13.6. The zero-order valence-corrected chi connectivity index (χ0v) is 15.5. The van der Waals surface area contributed by atoms with E-state index in [9.17, 15) is 13.8 Å². The first-order valence-electron chi connectivity index (χ1n) is 7.81. The molecule has 2 N–H and O–H groups in total. The van der Waals surface area contributed by atoms with Gasteiger partial charge < -0.3 is 0 Å². The molecule has 0 aliphatic rings. The van der Waals surface area contributed by atoms with Crippen LogP contribution in [0.25, 0.3) is 5.69 Å². The fraction of sp³-hybridized carbons (Fsp3) is 0.118. The quantitative estimate of drug-likeness (QED) is 0.600. The molecule has 10 heteroatoms. The molecule has 1 aromatic heterocycles. The molecule has 1 heterocycles. The van der Waals surface area contributed by atoms with E-state index in [4.69, 9.17) is 16.2 Å². The summed E-state index contributed by atoms with van der Waals surface area (Å²) >= 11 is 3.72. The van der Waals surface area contributed by atoms with Crippen molar-refractivity contribution in [3.63, 3.8) is 0 Å². The highest BCUT2D eigenvalue weighted by molar-refractivity contribution is 7.77. The number of benzene rings is 2. The Morgan fingerprint density at radius 1 is 1.11 bits per heavy atom. The Bertz CT molecular complexity index is 1100. The van der Waals surface area contributed by atoms with E-state index in [-0.39, 0.29) is 13.1 Å². The van der Waals surface area contributed by atoms with E-state index in [2.05, 4.69) is 9.82 Å². The Morgan fingerprint density at radius 2 is 1.85 bits per heavy atom. The monoisotopic (exact) mass is 406 g/mol. The molecule has 0 radical (unpaired) electrons. The van der Waals surface area contributed by atoms with Crippen LogP contribution in [0.1, 0.15) is 11.1 Å². The van der Waals surface area contributed by atoms with E-state index in [0.29, 0.717) is 16.3 Å². The van der Waals surface area contributed by atoms with Gasteiger partial charge in [-0.1, -0.05) is 35.9 Å². The predicted octanol–water partition coefficient (Wildman–Crippen LogP) is 1.32. The lowest BCUT2D eigenvalue weighted by molar-refractivity contribution is 0.548. The summed E-state index contributed by atoms with van der Waals surface area (Å²) in [6.07, 6.45) is 1.07. The highest BCUT2D eigenvalue weighted by Crippen LogP contribution is 2.10. The number of aromatic nitrogens is 3. The van der Waals surface area contributed by atoms with Gasteiger partial charge in [0.2, 0.25) is 11.3 Å². The number of nitrogens with zero attached hydrogens (tertiary/aromatic N) is 3. The minimum atomic E-state index is -2.14. The molecule has 3 aromatic rings. The van der Waals surface area contributed by atoms with Crippen LogP contribution in [0.15, 0.2) is 64.3 Å². The summed E-state index contributed by atoms with van der Waals surface area (Å²) in [4.78, 5) is 24.9. The van der Waals surface area contributed by atoms with Gasteiger partial charge in [0, 0.05) is 11.6 Å². The third-order valence-electron chi connectivity index (χ3n) is 3.77. The van der Waals surface area contributed by atoms with Crippen LogP contribution < -0.4 is 16.0 Å². The van der Waals surface area contributed by atoms with Crippen molar-refractivity contribution >= 4 is 22.9 Å². The van der Waals surface area contributed by atoms with Gasteiger partial charge in [-0.05, 0) is 35.4 Å². The second-order valence-corrected chi connectivity index (χ2v) is 6.85. The Hall–Kier alpha value is -2.59. The first-order chi connectivity index (χ1) is 12.9. The molecule has 3 rings (SSSR count). The van der Waals surface area contributed by atoms with Crippen LogP contribution in [0.4, 0.5) is 0 Å². The molecule has 0 saturated heterocycles. The zero-order valence-electron chi connectivity index (χ0n) is 13.9. The maximum atomic E-state index is 12.8. The highest BCUT2D eigenvalue weighted by Gasteiger charge is 2.10.